The van der Waals surface area contributed by atoms with Crippen LogP contribution in [0, 0.1) is 33.1 Å². The van der Waals surface area contributed by atoms with E-state index in [9.17, 15) is 20.8 Å². The molecule has 0 aliphatic carbocycles. The molecule has 2 unspecified atom stereocenters. The van der Waals surface area contributed by atoms with Crippen LogP contribution in [0.3, 0.4) is 0 Å². The highest BCUT2D eigenvalue weighted by Crippen LogP contribution is 2.44. The average molecular weight is 568 g/mol. The van der Waals surface area contributed by atoms with Gasteiger partial charge in [-0.05, 0) is 23.3 Å². The largest absolute Gasteiger partial charge is 0.595 e. The molecule has 0 aromatic heterocycles. The monoisotopic (exact) mass is 566 g/mol. The van der Waals surface area contributed by atoms with E-state index in [0.717, 1.165) is 0 Å². The van der Waals surface area contributed by atoms with Crippen LogP contribution < -0.4 is 10.5 Å². The SMILES string of the molecule is N#Cc1ccc([C@@H](Cl)[C@@H](Cl)c2ccc([C@@H](Cl)[C@@H](Cl)c3ccc(C#N)cc3[NH+]([O-])O)cc2)c([NH+]([O-])O)c1. The maximum Gasteiger partial charge on any atom is 0.169 e. The second-order valence-corrected chi connectivity index (χ2v) is 9.59. The van der Waals surface area contributed by atoms with E-state index < -0.39 is 32.0 Å². The summed E-state index contributed by atoms with van der Waals surface area (Å²) in [5, 5.41) is 54.5. The Morgan fingerprint density at radius 3 is 1.22 bits per heavy atom. The first-order valence-corrected chi connectivity index (χ1v) is 12.0. The minimum atomic E-state index is -1.23. The van der Waals surface area contributed by atoms with Crippen LogP contribution in [0.25, 0.3) is 0 Å². The molecule has 186 valence electrons. The lowest BCUT2D eigenvalue weighted by Crippen LogP contribution is -2.99. The lowest BCUT2D eigenvalue weighted by atomic mass is 9.97. The first kappa shape index (κ1) is 28.1. The lowest BCUT2D eigenvalue weighted by Gasteiger charge is -2.23. The van der Waals surface area contributed by atoms with Gasteiger partial charge in [0.15, 0.2) is 11.4 Å². The lowest BCUT2D eigenvalue weighted by molar-refractivity contribution is -0.991. The van der Waals surface area contributed by atoms with Crippen molar-refractivity contribution in [2.45, 2.75) is 21.5 Å². The molecule has 3 aromatic rings. The first-order valence-electron chi connectivity index (χ1n) is 10.3. The Morgan fingerprint density at radius 2 is 0.944 bits per heavy atom. The minimum Gasteiger partial charge on any atom is -0.595 e. The average Bonchev–Trinajstić information content (AvgIpc) is 2.90. The van der Waals surface area contributed by atoms with Crippen molar-refractivity contribution in [3.05, 3.63) is 104 Å². The van der Waals surface area contributed by atoms with Crippen molar-refractivity contribution in [3.63, 3.8) is 0 Å². The zero-order chi connectivity index (χ0) is 26.6. The molecule has 8 nitrogen and oxygen atoms in total. The highest BCUT2D eigenvalue weighted by Gasteiger charge is 2.28. The summed E-state index contributed by atoms with van der Waals surface area (Å²) in [7, 11) is 0. The van der Waals surface area contributed by atoms with E-state index in [0.29, 0.717) is 11.1 Å². The summed E-state index contributed by atoms with van der Waals surface area (Å²) in [5.41, 5.74) is 1.86. The Labute approximate surface area is 226 Å². The summed E-state index contributed by atoms with van der Waals surface area (Å²) < 4.78 is 0. The molecule has 0 saturated heterocycles. The van der Waals surface area contributed by atoms with Gasteiger partial charge in [0, 0.05) is 23.3 Å². The number of nitrogens with zero attached hydrogens (tertiary/aromatic N) is 2. The molecule has 0 aliphatic heterocycles. The highest BCUT2D eigenvalue weighted by atomic mass is 35.5. The van der Waals surface area contributed by atoms with Gasteiger partial charge in [-0.15, -0.1) is 46.4 Å². The molecule has 0 fully saturated rings. The van der Waals surface area contributed by atoms with Crippen LogP contribution in [0.5, 0.6) is 0 Å². The van der Waals surface area contributed by atoms with Gasteiger partial charge in [0.05, 0.1) is 44.8 Å². The van der Waals surface area contributed by atoms with Crippen LogP contribution >= 0.6 is 46.4 Å². The van der Waals surface area contributed by atoms with E-state index in [1.807, 2.05) is 12.1 Å². The van der Waals surface area contributed by atoms with Gasteiger partial charge < -0.3 is 10.4 Å². The van der Waals surface area contributed by atoms with Crippen molar-refractivity contribution in [1.29, 1.82) is 10.5 Å². The van der Waals surface area contributed by atoms with Crippen molar-refractivity contribution < 1.29 is 20.9 Å². The molecule has 4 N–H and O–H groups in total. The van der Waals surface area contributed by atoms with Crippen molar-refractivity contribution >= 4 is 57.8 Å². The number of benzene rings is 3. The number of alkyl halides is 4. The number of halogens is 4. The predicted molar refractivity (Wildman–Crippen MR) is 135 cm³/mol. The molecule has 0 spiro atoms. The van der Waals surface area contributed by atoms with Gasteiger partial charge in [-0.25, -0.2) is 10.4 Å². The molecular weight excluding hydrogens is 550 g/mol. The van der Waals surface area contributed by atoms with Crippen molar-refractivity contribution in [1.82, 2.24) is 0 Å². The summed E-state index contributed by atoms with van der Waals surface area (Å²) >= 11 is 26.2. The molecule has 3 rings (SSSR count). The third-order valence-corrected chi connectivity index (χ3v) is 7.75. The number of rotatable bonds is 8. The van der Waals surface area contributed by atoms with Gasteiger partial charge in [0.2, 0.25) is 0 Å². The molecule has 0 heterocycles. The summed E-state index contributed by atoms with van der Waals surface area (Å²) in [5.74, 6) is 0. The topological polar surface area (TPSA) is 143 Å². The van der Waals surface area contributed by atoms with Crippen LogP contribution in [0.1, 0.15) is 54.9 Å². The summed E-state index contributed by atoms with van der Waals surface area (Å²) in [6, 6.07) is 18.8. The molecule has 0 amide bonds. The summed E-state index contributed by atoms with van der Waals surface area (Å²) in [6.45, 7) is 0. The van der Waals surface area contributed by atoms with E-state index >= 15 is 0 Å². The van der Waals surface area contributed by atoms with E-state index in [2.05, 4.69) is 0 Å². The first-order chi connectivity index (χ1) is 17.1. The Bertz CT molecular complexity index is 1210. The molecule has 0 aliphatic rings. The van der Waals surface area contributed by atoms with Crippen molar-refractivity contribution in [2.75, 3.05) is 0 Å². The Balaban J connectivity index is 1.84. The van der Waals surface area contributed by atoms with Crippen LogP contribution in [0.15, 0.2) is 60.7 Å². The third-order valence-electron chi connectivity index (χ3n) is 5.51. The second kappa shape index (κ2) is 12.2. The number of quaternary nitrogens is 2. The molecule has 3 aromatic carbocycles. The van der Waals surface area contributed by atoms with Crippen LogP contribution in [-0.4, -0.2) is 10.4 Å². The van der Waals surface area contributed by atoms with Gasteiger partial charge in [0.1, 0.15) is 0 Å². The molecular formula is C24H18Cl4N4O4. The fourth-order valence-corrected chi connectivity index (χ4v) is 4.85. The van der Waals surface area contributed by atoms with E-state index in [1.165, 1.54) is 36.4 Å². The maximum absolute atomic E-state index is 11.7. The fraction of sp³-hybridized carbons (Fsp3) is 0.167. The molecule has 6 atom stereocenters. The number of hydrogen-bond acceptors (Lipinski definition) is 6. The van der Waals surface area contributed by atoms with Gasteiger partial charge in [-0.3, -0.25) is 0 Å². The smallest absolute Gasteiger partial charge is 0.169 e. The zero-order valence-electron chi connectivity index (χ0n) is 18.2. The predicted octanol–water partition coefficient (Wildman–Crippen LogP) is 4.76. The molecule has 0 radical (unpaired) electrons. The van der Waals surface area contributed by atoms with E-state index in [1.54, 1.807) is 24.3 Å². The quantitative estimate of drug-likeness (QED) is 0.228. The second-order valence-electron chi connectivity index (χ2n) is 7.71. The Morgan fingerprint density at radius 1 is 0.611 bits per heavy atom. The molecule has 36 heavy (non-hydrogen) atoms. The maximum atomic E-state index is 11.7. The van der Waals surface area contributed by atoms with Crippen molar-refractivity contribution in [2.24, 2.45) is 0 Å². The Hall–Kier alpha value is -2.44. The van der Waals surface area contributed by atoms with Crippen LogP contribution in [-0.2, 0) is 0 Å². The van der Waals surface area contributed by atoms with Gasteiger partial charge in [-0.2, -0.15) is 21.0 Å². The van der Waals surface area contributed by atoms with E-state index in [-0.39, 0.29) is 33.6 Å². The summed E-state index contributed by atoms with van der Waals surface area (Å²) in [6.07, 6.45) is 0. The van der Waals surface area contributed by atoms with Gasteiger partial charge in [0.25, 0.3) is 0 Å². The number of nitriles is 2. The number of nitrogens with one attached hydrogen (secondary N) is 2. The van der Waals surface area contributed by atoms with Gasteiger partial charge >= 0.3 is 0 Å². The normalized spacial score (nSPS) is 16.2. The minimum absolute atomic E-state index is 0.112. The van der Waals surface area contributed by atoms with Crippen molar-refractivity contribution in [3.8, 4) is 12.1 Å². The molecule has 0 saturated carbocycles. The third kappa shape index (κ3) is 6.09. The van der Waals surface area contributed by atoms with E-state index in [4.69, 9.17) is 56.9 Å². The molecule has 12 heteroatoms. The summed E-state index contributed by atoms with van der Waals surface area (Å²) in [4.78, 5) is 0. The standard InChI is InChI=1S/C24H18Cl4N4O4/c25-21(23(27)17-7-1-13(11-29)9-19(17)31(33)34)15-3-5-16(6-4-15)22(26)24(28)18-8-2-14(12-30)10-20(18)32(35)36/h1-10,21-24,31-33,35H/t21-,22+,23+,24-. The Kier molecular flexibility index (Phi) is 9.53. The van der Waals surface area contributed by atoms with Crippen LogP contribution in [0.4, 0.5) is 11.4 Å². The van der Waals surface area contributed by atoms with Gasteiger partial charge in [-0.1, -0.05) is 36.4 Å². The van der Waals surface area contributed by atoms with Crippen LogP contribution in [0.2, 0.25) is 0 Å². The molecule has 0 bridgehead atoms. The zero-order valence-corrected chi connectivity index (χ0v) is 21.2. The number of hydrogen-bond donors (Lipinski definition) is 4. The highest BCUT2D eigenvalue weighted by molar-refractivity contribution is 6.31. The fourth-order valence-electron chi connectivity index (χ4n) is 3.62.